The van der Waals surface area contributed by atoms with E-state index in [2.05, 4.69) is 74.3 Å². The molecular formula is C26H36N4O. The smallest absolute Gasteiger partial charge is 0.271 e. The van der Waals surface area contributed by atoms with Gasteiger partial charge >= 0.3 is 0 Å². The third kappa shape index (κ3) is 6.49. The van der Waals surface area contributed by atoms with Crippen LogP contribution >= 0.6 is 0 Å². The first kappa shape index (κ1) is 23.2. The molecule has 31 heavy (non-hydrogen) atoms. The Morgan fingerprint density at radius 1 is 1.13 bits per heavy atom. The Bertz CT molecular complexity index is 1040. The molecule has 166 valence electrons. The summed E-state index contributed by atoms with van der Waals surface area (Å²) in [4.78, 5) is 14.3. The van der Waals surface area contributed by atoms with E-state index in [0.29, 0.717) is 0 Å². The number of aromatic nitrogens is 2. The molecule has 5 heteroatoms. The first-order valence-electron chi connectivity index (χ1n) is 11.3. The topological polar surface area (TPSA) is 50.2 Å². The van der Waals surface area contributed by atoms with E-state index in [9.17, 15) is 4.79 Å². The maximum absolute atomic E-state index is 11.9. The molecule has 0 spiro atoms. The van der Waals surface area contributed by atoms with E-state index < -0.39 is 0 Å². The van der Waals surface area contributed by atoms with Gasteiger partial charge in [-0.05, 0) is 95.1 Å². The zero-order valence-corrected chi connectivity index (χ0v) is 19.6. The molecule has 1 atom stereocenters. The van der Waals surface area contributed by atoms with Crippen LogP contribution in [0.1, 0.15) is 46.1 Å². The third-order valence-corrected chi connectivity index (χ3v) is 6.04. The van der Waals surface area contributed by atoms with Crippen LogP contribution in [0.15, 0.2) is 59.5 Å². The Labute approximate surface area is 186 Å². The number of nitrogens with one attached hydrogen (secondary N) is 1. The molecule has 1 aromatic heterocycles. The number of hydrogen-bond acceptors (Lipinski definition) is 4. The van der Waals surface area contributed by atoms with Gasteiger partial charge in [0, 0.05) is 30.4 Å². The second kappa shape index (κ2) is 10.2. The fourth-order valence-corrected chi connectivity index (χ4v) is 3.61. The summed E-state index contributed by atoms with van der Waals surface area (Å²) in [5.41, 5.74) is 2.18. The fraction of sp³-hybridized carbons (Fsp3) is 0.462. The zero-order chi connectivity index (χ0) is 22.4. The lowest BCUT2D eigenvalue weighted by Gasteiger charge is -2.31. The monoisotopic (exact) mass is 420 g/mol. The molecule has 2 aromatic carbocycles. The van der Waals surface area contributed by atoms with Crippen molar-refractivity contribution in [3.63, 3.8) is 0 Å². The lowest BCUT2D eigenvalue weighted by atomic mass is 10.0. The van der Waals surface area contributed by atoms with Gasteiger partial charge in [0.2, 0.25) is 0 Å². The number of hydrogen-bond donors (Lipinski definition) is 1. The van der Waals surface area contributed by atoms with Crippen LogP contribution in [0.3, 0.4) is 0 Å². The molecule has 0 aliphatic carbocycles. The summed E-state index contributed by atoms with van der Waals surface area (Å²) < 4.78 is 1.42. The summed E-state index contributed by atoms with van der Waals surface area (Å²) in [6, 6.07) is 16.5. The summed E-state index contributed by atoms with van der Waals surface area (Å²) >= 11 is 0. The highest BCUT2D eigenvalue weighted by Gasteiger charge is 2.16. The highest BCUT2D eigenvalue weighted by Crippen LogP contribution is 2.20. The van der Waals surface area contributed by atoms with Crippen molar-refractivity contribution in [2.75, 3.05) is 20.1 Å². The summed E-state index contributed by atoms with van der Waals surface area (Å²) in [7, 11) is 2.16. The Kier molecular flexibility index (Phi) is 7.63. The molecule has 1 aliphatic rings. The first-order valence-corrected chi connectivity index (χ1v) is 11.3. The molecule has 0 unspecified atom stereocenters. The van der Waals surface area contributed by atoms with Gasteiger partial charge in [0.1, 0.15) is 0 Å². The minimum absolute atomic E-state index is 0.122. The van der Waals surface area contributed by atoms with Crippen molar-refractivity contribution in [1.82, 2.24) is 20.0 Å². The minimum Gasteiger partial charge on any atom is -0.314 e. The summed E-state index contributed by atoms with van der Waals surface area (Å²) in [6.45, 7) is 11.2. The van der Waals surface area contributed by atoms with Gasteiger partial charge in [-0.1, -0.05) is 24.3 Å². The summed E-state index contributed by atoms with van der Waals surface area (Å²) in [5.74, 6) is 0. The van der Waals surface area contributed by atoms with E-state index in [1.807, 2.05) is 12.1 Å². The summed E-state index contributed by atoms with van der Waals surface area (Å²) in [5, 5.41) is 9.76. The van der Waals surface area contributed by atoms with Crippen LogP contribution < -0.4 is 10.9 Å². The SMILES string of the molecule is CN(CCc1ccc2cc(-n3ncccc3=O)ccc2c1)C(C)(C)C.C[C@@H]1CCCN1. The van der Waals surface area contributed by atoms with Crippen LogP contribution in [0.4, 0.5) is 0 Å². The number of rotatable bonds is 4. The van der Waals surface area contributed by atoms with Gasteiger partial charge in [0.15, 0.2) is 0 Å². The van der Waals surface area contributed by atoms with Gasteiger partial charge in [0.25, 0.3) is 5.56 Å². The van der Waals surface area contributed by atoms with E-state index in [0.717, 1.165) is 30.1 Å². The Hall–Kier alpha value is -2.50. The van der Waals surface area contributed by atoms with Crippen LogP contribution in [-0.4, -0.2) is 46.4 Å². The number of fused-ring (bicyclic) bond motifs is 1. The van der Waals surface area contributed by atoms with Gasteiger partial charge in [-0.25, -0.2) is 0 Å². The predicted octanol–water partition coefficient (Wildman–Crippen LogP) is 4.42. The lowest BCUT2D eigenvalue weighted by Crippen LogP contribution is -2.39. The van der Waals surface area contributed by atoms with Crippen molar-refractivity contribution in [2.24, 2.45) is 0 Å². The van der Waals surface area contributed by atoms with Gasteiger partial charge in [-0.3, -0.25) is 4.79 Å². The largest absolute Gasteiger partial charge is 0.314 e. The quantitative estimate of drug-likeness (QED) is 0.679. The van der Waals surface area contributed by atoms with Gasteiger partial charge in [0.05, 0.1) is 5.69 Å². The van der Waals surface area contributed by atoms with Crippen LogP contribution in [0.25, 0.3) is 16.5 Å². The molecule has 1 N–H and O–H groups in total. The Morgan fingerprint density at radius 3 is 2.48 bits per heavy atom. The molecule has 0 bridgehead atoms. The number of benzene rings is 2. The van der Waals surface area contributed by atoms with Crippen molar-refractivity contribution in [1.29, 1.82) is 0 Å². The molecule has 5 nitrogen and oxygen atoms in total. The van der Waals surface area contributed by atoms with Crippen molar-refractivity contribution < 1.29 is 0 Å². The molecule has 4 rings (SSSR count). The zero-order valence-electron chi connectivity index (χ0n) is 19.6. The van der Waals surface area contributed by atoms with Crippen molar-refractivity contribution >= 4 is 10.8 Å². The van der Waals surface area contributed by atoms with E-state index in [4.69, 9.17) is 0 Å². The Morgan fingerprint density at radius 2 is 1.87 bits per heavy atom. The normalized spacial score (nSPS) is 16.4. The van der Waals surface area contributed by atoms with Gasteiger partial charge in [-0.2, -0.15) is 9.78 Å². The highest BCUT2D eigenvalue weighted by molar-refractivity contribution is 5.85. The Balaban J connectivity index is 0.000000391. The number of likely N-dealkylation sites (N-methyl/N-ethyl adjacent to an activating group) is 1. The standard InChI is InChI=1S/C21H25N3O.C5H11N/c1-21(2,3)23(4)13-11-16-7-8-18-15-19(10-9-17(18)14-16)24-20(25)6-5-12-22-24;1-5-3-2-4-6-5/h5-10,12,14-15H,11,13H2,1-4H3;5-6H,2-4H2,1H3/t;5-/m.1/s1. The first-order chi connectivity index (χ1) is 14.7. The van der Waals surface area contributed by atoms with Gasteiger partial charge in [-0.15, -0.1) is 0 Å². The van der Waals surface area contributed by atoms with Crippen LogP contribution in [0.2, 0.25) is 0 Å². The molecule has 3 aromatic rings. The molecule has 2 heterocycles. The maximum Gasteiger partial charge on any atom is 0.271 e. The second-order valence-electron chi connectivity index (χ2n) is 9.48. The van der Waals surface area contributed by atoms with Crippen LogP contribution in [0.5, 0.6) is 0 Å². The predicted molar refractivity (Wildman–Crippen MR) is 130 cm³/mol. The average Bonchev–Trinajstić information content (AvgIpc) is 3.22. The minimum atomic E-state index is -0.122. The van der Waals surface area contributed by atoms with Crippen molar-refractivity contribution in [3.05, 3.63) is 70.6 Å². The van der Waals surface area contributed by atoms with E-state index >= 15 is 0 Å². The van der Waals surface area contributed by atoms with Gasteiger partial charge < -0.3 is 10.2 Å². The maximum atomic E-state index is 11.9. The molecular weight excluding hydrogens is 384 g/mol. The van der Waals surface area contributed by atoms with Crippen LogP contribution in [-0.2, 0) is 6.42 Å². The lowest BCUT2D eigenvalue weighted by molar-refractivity contribution is 0.178. The fourth-order valence-electron chi connectivity index (χ4n) is 3.61. The molecule has 1 aliphatic heterocycles. The highest BCUT2D eigenvalue weighted by atomic mass is 16.1. The third-order valence-electron chi connectivity index (χ3n) is 6.04. The molecule has 0 saturated carbocycles. The average molecular weight is 421 g/mol. The molecule has 0 amide bonds. The van der Waals surface area contributed by atoms with Crippen LogP contribution in [0, 0.1) is 0 Å². The van der Waals surface area contributed by atoms with Crippen molar-refractivity contribution in [2.45, 2.75) is 58.5 Å². The second-order valence-corrected chi connectivity index (χ2v) is 9.48. The number of nitrogens with zero attached hydrogens (tertiary/aromatic N) is 3. The summed E-state index contributed by atoms with van der Waals surface area (Å²) in [6.07, 6.45) is 5.40. The van der Waals surface area contributed by atoms with E-state index in [1.54, 1.807) is 12.3 Å². The van der Waals surface area contributed by atoms with Crippen molar-refractivity contribution in [3.8, 4) is 5.69 Å². The van der Waals surface area contributed by atoms with E-state index in [1.165, 1.54) is 41.1 Å². The molecule has 0 radical (unpaired) electrons. The molecule has 1 fully saturated rings. The van der Waals surface area contributed by atoms with E-state index in [-0.39, 0.29) is 11.1 Å². The molecule has 1 saturated heterocycles.